The molecule has 6 heteroatoms. The highest BCUT2D eigenvalue weighted by atomic mass is 79.9. The lowest BCUT2D eigenvalue weighted by Gasteiger charge is -2.04. The third-order valence-corrected chi connectivity index (χ3v) is 3.70. The van der Waals surface area contributed by atoms with E-state index in [1.165, 1.54) is 11.1 Å². The molecular formula is C9H9BrN4S. The minimum Gasteiger partial charge on any atom is -0.382 e. The van der Waals surface area contributed by atoms with Crippen LogP contribution in [-0.2, 0) is 6.54 Å². The predicted octanol–water partition coefficient (Wildman–Crippen LogP) is 2.49. The molecule has 2 aromatic heterocycles. The van der Waals surface area contributed by atoms with E-state index >= 15 is 0 Å². The summed E-state index contributed by atoms with van der Waals surface area (Å²) >= 11 is 5.15. The van der Waals surface area contributed by atoms with Gasteiger partial charge in [0.1, 0.15) is 11.6 Å². The van der Waals surface area contributed by atoms with Gasteiger partial charge >= 0.3 is 0 Å². The maximum absolute atomic E-state index is 5.52. The highest BCUT2D eigenvalue weighted by Crippen LogP contribution is 2.23. The first-order valence-electron chi connectivity index (χ1n) is 4.29. The molecule has 0 unspecified atom stereocenters. The van der Waals surface area contributed by atoms with Crippen molar-refractivity contribution in [3.8, 4) is 0 Å². The van der Waals surface area contributed by atoms with E-state index < -0.39 is 0 Å². The zero-order valence-corrected chi connectivity index (χ0v) is 10.2. The fourth-order valence-corrected chi connectivity index (χ4v) is 2.52. The van der Waals surface area contributed by atoms with Gasteiger partial charge in [0, 0.05) is 9.35 Å². The Morgan fingerprint density at radius 1 is 1.47 bits per heavy atom. The number of anilines is 2. The summed E-state index contributed by atoms with van der Waals surface area (Å²) in [5, 5.41) is 5.19. The summed E-state index contributed by atoms with van der Waals surface area (Å²) in [7, 11) is 0. The van der Waals surface area contributed by atoms with E-state index in [2.05, 4.69) is 31.2 Å². The fourth-order valence-electron chi connectivity index (χ4n) is 1.09. The average Bonchev–Trinajstić information content (AvgIpc) is 2.61. The molecule has 0 radical (unpaired) electrons. The third kappa shape index (κ3) is 2.66. The van der Waals surface area contributed by atoms with Gasteiger partial charge in [0.05, 0.1) is 18.9 Å². The average molecular weight is 285 g/mol. The van der Waals surface area contributed by atoms with Crippen molar-refractivity contribution in [3.05, 3.63) is 33.2 Å². The number of nitrogens with one attached hydrogen (secondary N) is 1. The van der Waals surface area contributed by atoms with Crippen molar-refractivity contribution >= 4 is 38.9 Å². The van der Waals surface area contributed by atoms with Crippen molar-refractivity contribution < 1.29 is 0 Å². The summed E-state index contributed by atoms with van der Waals surface area (Å²) in [6.07, 6.45) is 3.17. The largest absolute Gasteiger partial charge is 0.382 e. The van der Waals surface area contributed by atoms with Crippen molar-refractivity contribution in [2.24, 2.45) is 0 Å². The Morgan fingerprint density at radius 2 is 2.33 bits per heavy atom. The van der Waals surface area contributed by atoms with Gasteiger partial charge in [0.15, 0.2) is 0 Å². The Morgan fingerprint density at radius 3 is 3.00 bits per heavy atom. The molecule has 0 aliphatic rings. The lowest BCUT2D eigenvalue weighted by Crippen LogP contribution is -2.02. The summed E-state index contributed by atoms with van der Waals surface area (Å²) in [4.78, 5) is 9.27. The number of hydrogen-bond acceptors (Lipinski definition) is 5. The number of halogens is 1. The summed E-state index contributed by atoms with van der Waals surface area (Å²) in [6, 6.07) is 2.02. The first-order chi connectivity index (χ1) is 7.25. The van der Waals surface area contributed by atoms with Crippen LogP contribution in [0.1, 0.15) is 4.88 Å². The molecule has 0 fully saturated rings. The quantitative estimate of drug-likeness (QED) is 0.909. The van der Waals surface area contributed by atoms with Gasteiger partial charge in [0.25, 0.3) is 0 Å². The van der Waals surface area contributed by atoms with Crippen molar-refractivity contribution in [1.29, 1.82) is 0 Å². The summed E-state index contributed by atoms with van der Waals surface area (Å²) in [5.74, 6) is 1.11. The van der Waals surface area contributed by atoms with E-state index in [9.17, 15) is 0 Å². The molecule has 0 aromatic carbocycles. The van der Waals surface area contributed by atoms with Crippen LogP contribution < -0.4 is 11.1 Å². The second-order valence-electron chi connectivity index (χ2n) is 2.87. The molecular weight excluding hydrogens is 276 g/mol. The molecule has 0 bridgehead atoms. The van der Waals surface area contributed by atoms with Crippen LogP contribution in [0.4, 0.5) is 11.6 Å². The first kappa shape index (κ1) is 10.4. The number of nitrogens with zero attached hydrogens (tertiary/aromatic N) is 2. The monoisotopic (exact) mass is 284 g/mol. The van der Waals surface area contributed by atoms with Crippen LogP contribution in [0.15, 0.2) is 28.3 Å². The Labute approximate surface area is 99.7 Å². The van der Waals surface area contributed by atoms with Crippen molar-refractivity contribution in [1.82, 2.24) is 9.97 Å². The standard InChI is InChI=1S/C9H9BrN4S/c10-6-1-2-15-7(6)3-13-9-5-12-4-8(11)14-9/h1-2,4-5H,3H2,(H3,11,13,14). The van der Waals surface area contributed by atoms with Gasteiger partial charge in [-0.3, -0.25) is 4.98 Å². The van der Waals surface area contributed by atoms with Crippen LogP contribution in [0.5, 0.6) is 0 Å². The number of nitrogens with two attached hydrogens (primary N) is 1. The maximum Gasteiger partial charge on any atom is 0.147 e. The molecule has 0 saturated carbocycles. The fraction of sp³-hybridized carbons (Fsp3) is 0.111. The van der Waals surface area contributed by atoms with Gasteiger partial charge in [-0.2, -0.15) is 0 Å². The molecule has 15 heavy (non-hydrogen) atoms. The van der Waals surface area contributed by atoms with Crippen LogP contribution in [-0.4, -0.2) is 9.97 Å². The highest BCUT2D eigenvalue weighted by molar-refractivity contribution is 9.10. The van der Waals surface area contributed by atoms with E-state index in [0.717, 1.165) is 11.0 Å². The second-order valence-corrected chi connectivity index (χ2v) is 4.73. The van der Waals surface area contributed by atoms with Crippen molar-refractivity contribution in [3.63, 3.8) is 0 Å². The molecule has 78 valence electrons. The number of nitrogen functional groups attached to an aromatic ring is 1. The highest BCUT2D eigenvalue weighted by Gasteiger charge is 2.01. The van der Waals surface area contributed by atoms with Crippen molar-refractivity contribution in [2.75, 3.05) is 11.1 Å². The Kier molecular flexibility index (Phi) is 3.17. The van der Waals surface area contributed by atoms with E-state index in [1.807, 2.05) is 11.4 Å². The topological polar surface area (TPSA) is 63.8 Å². The molecule has 2 rings (SSSR count). The number of thiophene rings is 1. The van der Waals surface area contributed by atoms with Gasteiger partial charge in [-0.15, -0.1) is 11.3 Å². The van der Waals surface area contributed by atoms with Crippen LogP contribution >= 0.6 is 27.3 Å². The minimum atomic E-state index is 0.422. The van der Waals surface area contributed by atoms with Gasteiger partial charge < -0.3 is 11.1 Å². The molecule has 0 aliphatic heterocycles. The van der Waals surface area contributed by atoms with Gasteiger partial charge in [0.2, 0.25) is 0 Å². The van der Waals surface area contributed by atoms with Gasteiger partial charge in [-0.25, -0.2) is 4.98 Å². The van der Waals surface area contributed by atoms with Gasteiger partial charge in [-0.1, -0.05) is 0 Å². The summed E-state index contributed by atoms with van der Waals surface area (Å²) in [5.41, 5.74) is 5.52. The lowest BCUT2D eigenvalue weighted by molar-refractivity contribution is 1.11. The third-order valence-electron chi connectivity index (χ3n) is 1.77. The molecule has 0 atom stereocenters. The molecule has 0 amide bonds. The number of aromatic nitrogens is 2. The maximum atomic E-state index is 5.52. The summed E-state index contributed by atoms with van der Waals surface area (Å²) in [6.45, 7) is 0.719. The van der Waals surface area contributed by atoms with Crippen LogP contribution in [0.25, 0.3) is 0 Å². The number of hydrogen-bond donors (Lipinski definition) is 2. The smallest absolute Gasteiger partial charge is 0.147 e. The van der Waals surface area contributed by atoms with Crippen LogP contribution in [0, 0.1) is 0 Å². The van der Waals surface area contributed by atoms with Crippen molar-refractivity contribution in [2.45, 2.75) is 6.54 Å². The van der Waals surface area contributed by atoms with Gasteiger partial charge in [-0.05, 0) is 27.4 Å². The van der Waals surface area contributed by atoms with E-state index in [4.69, 9.17) is 5.73 Å². The SMILES string of the molecule is Nc1cncc(NCc2sccc2Br)n1. The van der Waals surface area contributed by atoms with E-state index in [0.29, 0.717) is 11.6 Å². The lowest BCUT2D eigenvalue weighted by atomic mass is 10.4. The van der Waals surface area contributed by atoms with Crippen LogP contribution in [0.3, 0.4) is 0 Å². The molecule has 0 saturated heterocycles. The van der Waals surface area contributed by atoms with Crippen LogP contribution in [0.2, 0.25) is 0 Å². The second kappa shape index (κ2) is 4.59. The molecule has 4 nitrogen and oxygen atoms in total. The molecule has 3 N–H and O–H groups in total. The van der Waals surface area contributed by atoms with E-state index in [-0.39, 0.29) is 0 Å². The normalized spacial score (nSPS) is 10.2. The Bertz CT molecular complexity index is 457. The molecule has 0 spiro atoms. The zero-order valence-electron chi connectivity index (χ0n) is 7.77. The Hall–Kier alpha value is -1.14. The minimum absolute atomic E-state index is 0.422. The number of rotatable bonds is 3. The molecule has 2 aromatic rings. The predicted molar refractivity (Wildman–Crippen MR) is 65.8 cm³/mol. The molecule has 2 heterocycles. The first-order valence-corrected chi connectivity index (χ1v) is 5.96. The summed E-state index contributed by atoms with van der Waals surface area (Å²) < 4.78 is 1.11. The molecule has 0 aliphatic carbocycles. The zero-order chi connectivity index (χ0) is 10.7. The van der Waals surface area contributed by atoms with E-state index in [1.54, 1.807) is 17.5 Å². The Balaban J connectivity index is 2.02.